The van der Waals surface area contributed by atoms with Crippen molar-refractivity contribution in [1.29, 1.82) is 0 Å². The number of hydrogen-bond donors (Lipinski definition) is 2. The van der Waals surface area contributed by atoms with Crippen molar-refractivity contribution in [1.82, 2.24) is 4.57 Å². The SMILES string of the molecule is CC1(C)COC(C)(CC2(C(=O)O)CCC2)c2c1n(-c1ccc(F)cc1)c1cccc(O)c21. The number of ether oxygens (including phenoxy) is 1. The summed E-state index contributed by atoms with van der Waals surface area (Å²) < 4.78 is 22.2. The van der Waals surface area contributed by atoms with Crippen LogP contribution in [0.2, 0.25) is 0 Å². The number of phenolic OH excluding ortho intramolecular Hbond substituents is 1. The molecule has 0 amide bonds. The van der Waals surface area contributed by atoms with Gasteiger partial charge in [-0.25, -0.2) is 4.39 Å². The van der Waals surface area contributed by atoms with Gasteiger partial charge in [-0.1, -0.05) is 26.3 Å². The van der Waals surface area contributed by atoms with Gasteiger partial charge in [-0.15, -0.1) is 0 Å². The predicted molar refractivity (Wildman–Crippen MR) is 120 cm³/mol. The van der Waals surface area contributed by atoms with Crippen LogP contribution in [0.3, 0.4) is 0 Å². The number of phenols is 1. The Bertz CT molecular complexity index is 1220. The molecule has 5 nitrogen and oxygen atoms in total. The number of carbonyl (C=O) groups is 1. The van der Waals surface area contributed by atoms with Gasteiger partial charge in [0.1, 0.15) is 11.6 Å². The first-order chi connectivity index (χ1) is 15.1. The molecule has 2 aromatic carbocycles. The maximum Gasteiger partial charge on any atom is 0.309 e. The average molecular weight is 438 g/mol. The van der Waals surface area contributed by atoms with E-state index >= 15 is 0 Å². The third-order valence-corrected chi connectivity index (χ3v) is 7.42. The molecule has 0 spiro atoms. The Morgan fingerprint density at radius 3 is 2.41 bits per heavy atom. The Morgan fingerprint density at radius 2 is 1.81 bits per heavy atom. The highest BCUT2D eigenvalue weighted by molar-refractivity contribution is 5.94. The Hall–Kier alpha value is -2.86. The average Bonchev–Trinajstić information content (AvgIpc) is 3.08. The maximum atomic E-state index is 13.7. The minimum atomic E-state index is -0.883. The molecule has 1 unspecified atom stereocenters. The number of nitrogens with zero attached hydrogens (tertiary/aromatic N) is 1. The number of aliphatic carboxylic acids is 1. The summed E-state index contributed by atoms with van der Waals surface area (Å²) in [5.74, 6) is -0.973. The lowest BCUT2D eigenvalue weighted by atomic mass is 9.61. The van der Waals surface area contributed by atoms with Crippen LogP contribution in [-0.2, 0) is 20.5 Å². The summed E-state index contributed by atoms with van der Waals surface area (Å²) in [6.45, 7) is 6.52. The topological polar surface area (TPSA) is 71.7 Å². The van der Waals surface area contributed by atoms with Crippen LogP contribution in [0.4, 0.5) is 4.39 Å². The number of benzene rings is 2. The number of aromatic nitrogens is 1. The molecule has 2 heterocycles. The molecule has 168 valence electrons. The van der Waals surface area contributed by atoms with Gasteiger partial charge in [0.25, 0.3) is 0 Å². The second kappa shape index (κ2) is 6.82. The predicted octanol–water partition coefficient (Wildman–Crippen LogP) is 5.64. The molecule has 1 aliphatic carbocycles. The van der Waals surface area contributed by atoms with Crippen molar-refractivity contribution in [2.24, 2.45) is 5.41 Å². The van der Waals surface area contributed by atoms with E-state index in [4.69, 9.17) is 4.74 Å². The quantitative estimate of drug-likeness (QED) is 0.554. The first kappa shape index (κ1) is 21.0. The molecule has 1 aromatic heterocycles. The highest BCUT2D eigenvalue weighted by Crippen LogP contribution is 2.56. The van der Waals surface area contributed by atoms with E-state index in [1.54, 1.807) is 24.3 Å². The van der Waals surface area contributed by atoms with Crippen LogP contribution in [-0.4, -0.2) is 27.4 Å². The highest BCUT2D eigenvalue weighted by atomic mass is 19.1. The van der Waals surface area contributed by atoms with Crippen LogP contribution in [0, 0.1) is 11.2 Å². The Kier molecular flexibility index (Phi) is 4.48. The van der Waals surface area contributed by atoms with Crippen molar-refractivity contribution >= 4 is 16.9 Å². The van der Waals surface area contributed by atoms with Crippen molar-refractivity contribution in [2.75, 3.05) is 6.61 Å². The van der Waals surface area contributed by atoms with Gasteiger partial charge in [0.2, 0.25) is 0 Å². The highest BCUT2D eigenvalue weighted by Gasteiger charge is 2.54. The van der Waals surface area contributed by atoms with Gasteiger partial charge in [-0.2, -0.15) is 0 Å². The number of carboxylic acids is 1. The second-order valence-electron chi connectivity index (χ2n) is 10.2. The van der Waals surface area contributed by atoms with E-state index in [1.165, 1.54) is 12.1 Å². The summed E-state index contributed by atoms with van der Waals surface area (Å²) in [6.07, 6.45) is 2.49. The molecule has 2 N–H and O–H groups in total. The Labute approximate surface area is 186 Å². The second-order valence-corrected chi connectivity index (χ2v) is 10.2. The van der Waals surface area contributed by atoms with E-state index in [9.17, 15) is 19.4 Å². The first-order valence-corrected chi connectivity index (χ1v) is 11.1. The van der Waals surface area contributed by atoms with Gasteiger partial charge in [0.15, 0.2) is 0 Å². The number of rotatable bonds is 4. The minimum Gasteiger partial charge on any atom is -0.507 e. The summed E-state index contributed by atoms with van der Waals surface area (Å²) in [5.41, 5.74) is 1.27. The van der Waals surface area contributed by atoms with Gasteiger partial charge in [0.05, 0.1) is 23.1 Å². The van der Waals surface area contributed by atoms with Crippen LogP contribution in [0.1, 0.15) is 57.7 Å². The largest absolute Gasteiger partial charge is 0.507 e. The number of fused-ring (bicyclic) bond motifs is 3. The molecule has 1 saturated carbocycles. The fourth-order valence-electron chi connectivity index (χ4n) is 5.67. The third kappa shape index (κ3) is 2.89. The van der Waals surface area contributed by atoms with Crippen molar-refractivity contribution in [3.05, 3.63) is 59.5 Å². The van der Waals surface area contributed by atoms with E-state index in [0.717, 1.165) is 28.9 Å². The van der Waals surface area contributed by atoms with Crippen molar-refractivity contribution < 1.29 is 24.1 Å². The molecular weight excluding hydrogens is 409 g/mol. The molecule has 6 heteroatoms. The normalized spacial score (nSPS) is 23.5. The molecule has 0 saturated heterocycles. The summed E-state index contributed by atoms with van der Waals surface area (Å²) in [7, 11) is 0. The van der Waals surface area contributed by atoms with Gasteiger partial charge >= 0.3 is 5.97 Å². The summed E-state index contributed by atoms with van der Waals surface area (Å²) >= 11 is 0. The van der Waals surface area contributed by atoms with Crippen LogP contribution in [0.5, 0.6) is 5.75 Å². The molecule has 2 aliphatic rings. The van der Waals surface area contributed by atoms with E-state index in [0.29, 0.717) is 31.3 Å². The summed E-state index contributed by atoms with van der Waals surface area (Å²) in [5, 5.41) is 21.6. The van der Waals surface area contributed by atoms with E-state index < -0.39 is 22.4 Å². The van der Waals surface area contributed by atoms with E-state index in [1.807, 2.05) is 13.0 Å². The number of carboxylic acid groups (broad SMARTS) is 1. The summed E-state index contributed by atoms with van der Waals surface area (Å²) in [4.78, 5) is 12.2. The van der Waals surface area contributed by atoms with Crippen LogP contribution in [0.15, 0.2) is 42.5 Å². The van der Waals surface area contributed by atoms with Crippen molar-refractivity contribution in [3.63, 3.8) is 0 Å². The number of aromatic hydroxyl groups is 1. The third-order valence-electron chi connectivity index (χ3n) is 7.42. The molecule has 3 aromatic rings. The monoisotopic (exact) mass is 437 g/mol. The zero-order valence-corrected chi connectivity index (χ0v) is 18.6. The lowest BCUT2D eigenvalue weighted by molar-refractivity contribution is -0.166. The van der Waals surface area contributed by atoms with E-state index in [2.05, 4.69) is 18.4 Å². The van der Waals surface area contributed by atoms with Crippen molar-refractivity contribution in [2.45, 2.75) is 57.5 Å². The Balaban J connectivity index is 1.83. The van der Waals surface area contributed by atoms with E-state index in [-0.39, 0.29) is 11.6 Å². The van der Waals surface area contributed by atoms with Gasteiger partial charge < -0.3 is 19.5 Å². The molecule has 1 fully saturated rings. The number of hydrogen-bond acceptors (Lipinski definition) is 3. The van der Waals surface area contributed by atoms with Gasteiger partial charge in [-0.3, -0.25) is 4.79 Å². The lowest BCUT2D eigenvalue weighted by Crippen LogP contribution is -2.49. The van der Waals surface area contributed by atoms with Crippen LogP contribution < -0.4 is 0 Å². The zero-order chi connectivity index (χ0) is 22.9. The molecule has 32 heavy (non-hydrogen) atoms. The molecular formula is C26H28FNO4. The lowest BCUT2D eigenvalue weighted by Gasteiger charge is -2.48. The number of halogens is 1. The fourth-order valence-corrected chi connectivity index (χ4v) is 5.67. The minimum absolute atomic E-state index is 0.130. The van der Waals surface area contributed by atoms with Crippen LogP contribution in [0.25, 0.3) is 16.6 Å². The molecule has 5 rings (SSSR count). The Morgan fingerprint density at radius 1 is 1.12 bits per heavy atom. The molecule has 0 radical (unpaired) electrons. The molecule has 1 aliphatic heterocycles. The maximum absolute atomic E-state index is 13.7. The molecule has 0 bridgehead atoms. The van der Waals surface area contributed by atoms with Gasteiger partial charge in [0, 0.05) is 27.7 Å². The fraction of sp³-hybridized carbons (Fsp3) is 0.423. The van der Waals surface area contributed by atoms with Gasteiger partial charge in [-0.05, 0) is 62.6 Å². The molecule has 1 atom stereocenters. The summed E-state index contributed by atoms with van der Waals surface area (Å²) in [6, 6.07) is 11.7. The van der Waals surface area contributed by atoms with Crippen molar-refractivity contribution in [3.8, 4) is 11.4 Å². The van der Waals surface area contributed by atoms with Crippen LogP contribution >= 0.6 is 0 Å². The standard InChI is InChI=1S/C26H28FNO4/c1-24(2)15-32-25(3,14-26(23(30)31)12-5-13-26)21-20-18(6-4-7-19(20)29)28(22(21)24)17-10-8-16(27)9-11-17/h4,6-11,29H,5,12-15H2,1-3H3,(H,30,31). The smallest absolute Gasteiger partial charge is 0.309 e. The first-order valence-electron chi connectivity index (χ1n) is 11.1. The zero-order valence-electron chi connectivity index (χ0n) is 18.6.